The summed E-state index contributed by atoms with van der Waals surface area (Å²) in [5.41, 5.74) is 0. The SMILES string of the molecule is CSc1[c]cccc1F. The fourth-order valence-electron chi connectivity index (χ4n) is 0.557. The molecule has 1 radical (unpaired) electrons. The zero-order valence-electron chi connectivity index (χ0n) is 5.02. The van der Waals surface area contributed by atoms with Crippen molar-refractivity contribution in [2.24, 2.45) is 0 Å². The monoisotopic (exact) mass is 141 g/mol. The summed E-state index contributed by atoms with van der Waals surface area (Å²) in [6.07, 6.45) is 1.83. The van der Waals surface area contributed by atoms with Gasteiger partial charge in [0.05, 0.1) is 4.90 Å². The van der Waals surface area contributed by atoms with Crippen LogP contribution in [0.15, 0.2) is 23.1 Å². The van der Waals surface area contributed by atoms with Gasteiger partial charge >= 0.3 is 0 Å². The highest BCUT2D eigenvalue weighted by molar-refractivity contribution is 7.98. The lowest BCUT2D eigenvalue weighted by Crippen LogP contribution is -1.76. The first-order valence-corrected chi connectivity index (χ1v) is 3.77. The van der Waals surface area contributed by atoms with Crippen LogP contribution in [0.25, 0.3) is 0 Å². The smallest absolute Gasteiger partial charge is 0.137 e. The van der Waals surface area contributed by atoms with Gasteiger partial charge in [0, 0.05) is 0 Å². The van der Waals surface area contributed by atoms with E-state index in [2.05, 4.69) is 6.07 Å². The standard InChI is InChI=1S/C7H6FS/c1-9-7-5-3-2-4-6(7)8/h2-4H,1H3. The Morgan fingerprint density at radius 1 is 1.67 bits per heavy atom. The van der Waals surface area contributed by atoms with Crippen LogP contribution in [0.1, 0.15) is 0 Å². The highest BCUT2D eigenvalue weighted by Crippen LogP contribution is 2.16. The summed E-state index contributed by atoms with van der Waals surface area (Å²) in [7, 11) is 0. The number of hydrogen-bond donors (Lipinski definition) is 0. The lowest BCUT2D eigenvalue weighted by molar-refractivity contribution is 0.601. The first-order valence-electron chi connectivity index (χ1n) is 2.55. The fourth-order valence-corrected chi connectivity index (χ4v) is 1.01. The Morgan fingerprint density at radius 2 is 2.44 bits per heavy atom. The van der Waals surface area contributed by atoms with Crippen molar-refractivity contribution in [1.29, 1.82) is 0 Å². The molecule has 0 amide bonds. The van der Waals surface area contributed by atoms with E-state index in [0.717, 1.165) is 0 Å². The maximum atomic E-state index is 12.5. The third-order valence-electron chi connectivity index (χ3n) is 0.974. The van der Waals surface area contributed by atoms with Crippen LogP contribution in [0.2, 0.25) is 0 Å². The van der Waals surface area contributed by atoms with E-state index in [1.807, 2.05) is 6.26 Å². The van der Waals surface area contributed by atoms with Crippen molar-refractivity contribution >= 4 is 11.8 Å². The average Bonchev–Trinajstić information content (AvgIpc) is 1.89. The van der Waals surface area contributed by atoms with E-state index in [9.17, 15) is 4.39 Å². The van der Waals surface area contributed by atoms with Gasteiger partial charge in [0.25, 0.3) is 0 Å². The van der Waals surface area contributed by atoms with Gasteiger partial charge in [0.15, 0.2) is 0 Å². The molecule has 0 unspecified atom stereocenters. The van der Waals surface area contributed by atoms with E-state index in [-0.39, 0.29) is 5.82 Å². The number of halogens is 1. The molecule has 0 heterocycles. The molecule has 47 valence electrons. The quantitative estimate of drug-likeness (QED) is 0.541. The summed E-state index contributed by atoms with van der Waals surface area (Å²) in [5, 5.41) is 0. The molecular formula is C7H6FS. The van der Waals surface area contributed by atoms with Gasteiger partial charge in [-0.1, -0.05) is 12.1 Å². The second-order valence-corrected chi connectivity index (χ2v) is 2.37. The molecule has 0 bridgehead atoms. The molecule has 0 aromatic heterocycles. The third-order valence-corrected chi connectivity index (χ3v) is 1.70. The van der Waals surface area contributed by atoms with Crippen LogP contribution in [0, 0.1) is 11.9 Å². The van der Waals surface area contributed by atoms with Crippen LogP contribution < -0.4 is 0 Å². The summed E-state index contributed by atoms with van der Waals surface area (Å²) in [6, 6.07) is 7.54. The van der Waals surface area contributed by atoms with Gasteiger partial charge in [-0.05, 0) is 18.4 Å². The van der Waals surface area contributed by atoms with Crippen LogP contribution in [0.4, 0.5) is 4.39 Å². The molecule has 0 N–H and O–H groups in total. The van der Waals surface area contributed by atoms with Crippen molar-refractivity contribution in [2.75, 3.05) is 6.26 Å². The molecule has 1 aromatic carbocycles. The number of rotatable bonds is 1. The fraction of sp³-hybridized carbons (Fsp3) is 0.143. The first kappa shape index (κ1) is 6.62. The van der Waals surface area contributed by atoms with Gasteiger partial charge in [-0.3, -0.25) is 0 Å². The zero-order chi connectivity index (χ0) is 6.69. The van der Waals surface area contributed by atoms with Crippen molar-refractivity contribution in [3.05, 3.63) is 30.1 Å². The van der Waals surface area contributed by atoms with Gasteiger partial charge in [-0.15, -0.1) is 11.8 Å². The Hall–Kier alpha value is -0.500. The van der Waals surface area contributed by atoms with Gasteiger partial charge in [-0.25, -0.2) is 4.39 Å². The Bertz CT molecular complexity index is 198. The van der Waals surface area contributed by atoms with E-state index in [0.29, 0.717) is 4.90 Å². The zero-order valence-corrected chi connectivity index (χ0v) is 5.83. The van der Waals surface area contributed by atoms with Crippen molar-refractivity contribution in [3.8, 4) is 0 Å². The largest absolute Gasteiger partial charge is 0.206 e. The molecule has 1 aromatic rings. The van der Waals surface area contributed by atoms with E-state index < -0.39 is 0 Å². The molecule has 0 saturated carbocycles. The average molecular weight is 141 g/mol. The minimum atomic E-state index is -0.190. The van der Waals surface area contributed by atoms with Crippen molar-refractivity contribution in [1.82, 2.24) is 0 Å². The lowest BCUT2D eigenvalue weighted by Gasteiger charge is -1.93. The predicted octanol–water partition coefficient (Wildman–Crippen LogP) is 2.35. The first-order chi connectivity index (χ1) is 4.34. The summed E-state index contributed by atoms with van der Waals surface area (Å²) in [5.74, 6) is -0.190. The Labute approximate surface area is 58.1 Å². The Balaban J connectivity index is 3.01. The third kappa shape index (κ3) is 1.45. The molecule has 0 atom stereocenters. The molecule has 0 aliphatic heterocycles. The van der Waals surface area contributed by atoms with Crippen LogP contribution in [0.5, 0.6) is 0 Å². The van der Waals surface area contributed by atoms with Gasteiger partial charge in [0.2, 0.25) is 0 Å². The molecule has 0 saturated heterocycles. The van der Waals surface area contributed by atoms with Crippen LogP contribution >= 0.6 is 11.8 Å². The number of thioether (sulfide) groups is 1. The minimum absolute atomic E-state index is 0.190. The second-order valence-electron chi connectivity index (χ2n) is 1.55. The lowest BCUT2D eigenvalue weighted by atomic mass is 10.4. The number of hydrogen-bond acceptors (Lipinski definition) is 1. The maximum Gasteiger partial charge on any atom is 0.137 e. The van der Waals surface area contributed by atoms with Crippen molar-refractivity contribution in [3.63, 3.8) is 0 Å². The van der Waals surface area contributed by atoms with Crippen LogP contribution in [-0.4, -0.2) is 6.26 Å². The minimum Gasteiger partial charge on any atom is -0.206 e. The molecule has 0 spiro atoms. The topological polar surface area (TPSA) is 0 Å². The molecule has 0 fully saturated rings. The Morgan fingerprint density at radius 3 is 2.89 bits per heavy atom. The van der Waals surface area contributed by atoms with E-state index >= 15 is 0 Å². The van der Waals surface area contributed by atoms with E-state index in [1.54, 1.807) is 12.1 Å². The molecule has 9 heavy (non-hydrogen) atoms. The van der Waals surface area contributed by atoms with Crippen LogP contribution in [-0.2, 0) is 0 Å². The highest BCUT2D eigenvalue weighted by Gasteiger charge is 1.95. The predicted molar refractivity (Wildman–Crippen MR) is 37.0 cm³/mol. The Kier molecular flexibility index (Phi) is 2.11. The van der Waals surface area contributed by atoms with Gasteiger partial charge in [0.1, 0.15) is 5.82 Å². The molecule has 0 aliphatic carbocycles. The summed E-state index contributed by atoms with van der Waals surface area (Å²) < 4.78 is 12.5. The molecule has 0 nitrogen and oxygen atoms in total. The van der Waals surface area contributed by atoms with Gasteiger partial charge in [-0.2, -0.15) is 0 Å². The second kappa shape index (κ2) is 2.87. The maximum absolute atomic E-state index is 12.5. The summed E-state index contributed by atoms with van der Waals surface area (Å²) in [4.78, 5) is 0.581. The van der Waals surface area contributed by atoms with Crippen molar-refractivity contribution in [2.45, 2.75) is 4.90 Å². The highest BCUT2D eigenvalue weighted by atomic mass is 32.2. The molecule has 1 rings (SSSR count). The summed E-state index contributed by atoms with van der Waals surface area (Å²) in [6.45, 7) is 0. The molecule has 2 heteroatoms. The van der Waals surface area contributed by atoms with Crippen LogP contribution in [0.3, 0.4) is 0 Å². The molecular weight excluding hydrogens is 135 g/mol. The number of benzene rings is 1. The molecule has 0 aliphatic rings. The van der Waals surface area contributed by atoms with E-state index in [4.69, 9.17) is 0 Å². The van der Waals surface area contributed by atoms with Gasteiger partial charge < -0.3 is 0 Å². The normalized spacial score (nSPS) is 9.56. The summed E-state index contributed by atoms with van der Waals surface area (Å²) >= 11 is 1.36. The van der Waals surface area contributed by atoms with E-state index in [1.165, 1.54) is 17.8 Å². The van der Waals surface area contributed by atoms with Crippen molar-refractivity contribution < 1.29 is 4.39 Å².